The van der Waals surface area contributed by atoms with Crippen molar-refractivity contribution in [2.75, 3.05) is 7.05 Å². The standard InChI is InChI=1S/C20H22F3N3O2/c1-13-6-3-4-9-16(13)17(25-19(24)28)11-18(27)26(2)12-14-7-5-8-15(10-14)20(21,22)23/h3-10,17H,11-12H2,1-2H3,(H3,24,25,28). The molecule has 3 amide bonds. The van der Waals surface area contributed by atoms with Gasteiger partial charge in [-0.25, -0.2) is 4.79 Å². The Balaban J connectivity index is 2.13. The number of nitrogens with one attached hydrogen (secondary N) is 1. The van der Waals surface area contributed by atoms with E-state index in [0.717, 1.165) is 23.3 Å². The Morgan fingerprint density at radius 1 is 1.14 bits per heavy atom. The highest BCUT2D eigenvalue weighted by Crippen LogP contribution is 2.30. The molecule has 0 aliphatic rings. The van der Waals surface area contributed by atoms with Gasteiger partial charge < -0.3 is 16.0 Å². The van der Waals surface area contributed by atoms with Crippen molar-refractivity contribution < 1.29 is 22.8 Å². The predicted molar refractivity (Wildman–Crippen MR) is 99.2 cm³/mol. The molecule has 1 unspecified atom stereocenters. The number of amides is 3. The summed E-state index contributed by atoms with van der Waals surface area (Å²) in [6, 6.07) is 10.7. The monoisotopic (exact) mass is 393 g/mol. The lowest BCUT2D eigenvalue weighted by atomic mass is 9.98. The van der Waals surface area contributed by atoms with Crippen LogP contribution in [0.25, 0.3) is 0 Å². The lowest BCUT2D eigenvalue weighted by Gasteiger charge is -2.23. The molecule has 0 fully saturated rings. The maximum absolute atomic E-state index is 12.9. The molecule has 0 aliphatic carbocycles. The van der Waals surface area contributed by atoms with E-state index in [0.29, 0.717) is 5.56 Å². The Hall–Kier alpha value is -3.03. The number of hydrogen-bond donors (Lipinski definition) is 2. The lowest BCUT2D eigenvalue weighted by Crippen LogP contribution is -2.37. The number of carbonyl (C=O) groups excluding carboxylic acids is 2. The predicted octanol–water partition coefficient (Wildman–Crippen LogP) is 3.77. The van der Waals surface area contributed by atoms with Crippen LogP contribution in [0.5, 0.6) is 0 Å². The number of nitrogens with zero attached hydrogens (tertiary/aromatic N) is 1. The molecule has 8 heteroatoms. The molecule has 3 N–H and O–H groups in total. The minimum absolute atomic E-state index is 0.0137. The Morgan fingerprint density at radius 3 is 2.43 bits per heavy atom. The summed E-state index contributed by atoms with van der Waals surface area (Å²) in [4.78, 5) is 25.3. The third kappa shape index (κ3) is 5.73. The van der Waals surface area contributed by atoms with Gasteiger partial charge in [0.05, 0.1) is 18.0 Å². The van der Waals surface area contributed by atoms with E-state index < -0.39 is 23.8 Å². The van der Waals surface area contributed by atoms with Crippen molar-refractivity contribution in [1.29, 1.82) is 0 Å². The van der Waals surface area contributed by atoms with Gasteiger partial charge in [-0.15, -0.1) is 0 Å². The van der Waals surface area contributed by atoms with E-state index in [4.69, 9.17) is 5.73 Å². The van der Waals surface area contributed by atoms with E-state index in [1.165, 1.54) is 24.1 Å². The Labute approximate surface area is 161 Å². The fourth-order valence-corrected chi connectivity index (χ4v) is 2.93. The van der Waals surface area contributed by atoms with Gasteiger partial charge in [0, 0.05) is 13.6 Å². The fourth-order valence-electron chi connectivity index (χ4n) is 2.93. The number of alkyl halides is 3. The Kier molecular flexibility index (Phi) is 6.66. The molecule has 1 atom stereocenters. The third-order valence-electron chi connectivity index (χ3n) is 4.36. The van der Waals surface area contributed by atoms with Crippen LogP contribution >= 0.6 is 0 Å². The van der Waals surface area contributed by atoms with Gasteiger partial charge in [0.1, 0.15) is 0 Å². The molecule has 0 bridgehead atoms. The van der Waals surface area contributed by atoms with E-state index in [-0.39, 0.29) is 18.9 Å². The first-order chi connectivity index (χ1) is 13.1. The highest BCUT2D eigenvalue weighted by Gasteiger charge is 2.30. The van der Waals surface area contributed by atoms with E-state index in [1.807, 2.05) is 19.1 Å². The minimum atomic E-state index is -4.44. The highest BCUT2D eigenvalue weighted by atomic mass is 19.4. The van der Waals surface area contributed by atoms with Gasteiger partial charge in [0.15, 0.2) is 0 Å². The van der Waals surface area contributed by atoms with Gasteiger partial charge in [0.2, 0.25) is 5.91 Å². The zero-order valence-corrected chi connectivity index (χ0v) is 15.6. The number of primary amides is 1. The first-order valence-corrected chi connectivity index (χ1v) is 8.59. The van der Waals surface area contributed by atoms with Crippen LogP contribution in [0.1, 0.15) is 34.7 Å². The van der Waals surface area contributed by atoms with E-state index in [1.54, 1.807) is 12.1 Å². The molecular formula is C20H22F3N3O2. The summed E-state index contributed by atoms with van der Waals surface area (Å²) in [6.07, 6.45) is -4.51. The first kappa shape index (κ1) is 21.3. The molecule has 0 aliphatic heterocycles. The van der Waals surface area contributed by atoms with Crippen LogP contribution in [0, 0.1) is 6.92 Å². The molecule has 0 radical (unpaired) electrons. The van der Waals surface area contributed by atoms with Gasteiger partial charge in [0.25, 0.3) is 0 Å². The summed E-state index contributed by atoms with van der Waals surface area (Å²) in [5, 5.41) is 2.56. The topological polar surface area (TPSA) is 75.4 Å². The fraction of sp³-hybridized carbons (Fsp3) is 0.300. The summed E-state index contributed by atoms with van der Waals surface area (Å²) < 4.78 is 38.6. The number of aryl methyl sites for hydroxylation is 1. The second-order valence-electron chi connectivity index (χ2n) is 6.57. The summed E-state index contributed by atoms with van der Waals surface area (Å²) in [5.74, 6) is -0.334. The molecule has 5 nitrogen and oxygen atoms in total. The average Bonchev–Trinajstić information content (AvgIpc) is 2.60. The number of halogens is 3. The quantitative estimate of drug-likeness (QED) is 0.784. The number of hydrogen-bond acceptors (Lipinski definition) is 2. The van der Waals surface area contributed by atoms with Crippen molar-refractivity contribution in [3.63, 3.8) is 0 Å². The molecule has 28 heavy (non-hydrogen) atoms. The smallest absolute Gasteiger partial charge is 0.352 e. The van der Waals surface area contributed by atoms with Crippen LogP contribution in [-0.2, 0) is 17.5 Å². The van der Waals surface area contributed by atoms with Gasteiger partial charge in [-0.2, -0.15) is 13.2 Å². The normalized spacial score (nSPS) is 12.3. The number of nitrogens with two attached hydrogens (primary N) is 1. The maximum Gasteiger partial charge on any atom is 0.416 e. The van der Waals surface area contributed by atoms with Gasteiger partial charge >= 0.3 is 12.2 Å². The molecule has 0 saturated carbocycles. The molecule has 0 heterocycles. The second kappa shape index (κ2) is 8.77. The summed E-state index contributed by atoms with van der Waals surface area (Å²) in [5.41, 5.74) is 6.47. The van der Waals surface area contributed by atoms with E-state index in [2.05, 4.69) is 5.32 Å². The van der Waals surface area contributed by atoms with Gasteiger partial charge in [-0.1, -0.05) is 36.4 Å². The highest BCUT2D eigenvalue weighted by molar-refractivity contribution is 5.79. The zero-order chi connectivity index (χ0) is 20.9. The first-order valence-electron chi connectivity index (χ1n) is 8.59. The number of rotatable bonds is 6. The summed E-state index contributed by atoms with van der Waals surface area (Å²) in [6.45, 7) is 1.86. The largest absolute Gasteiger partial charge is 0.416 e. The Bertz CT molecular complexity index is 853. The van der Waals surface area contributed by atoms with Crippen LogP contribution in [0.3, 0.4) is 0 Å². The van der Waals surface area contributed by atoms with Crippen LogP contribution in [-0.4, -0.2) is 23.9 Å². The van der Waals surface area contributed by atoms with Crippen molar-refractivity contribution >= 4 is 11.9 Å². The molecular weight excluding hydrogens is 371 g/mol. The van der Waals surface area contributed by atoms with Crippen molar-refractivity contribution in [3.05, 3.63) is 70.8 Å². The van der Waals surface area contributed by atoms with Crippen molar-refractivity contribution in [3.8, 4) is 0 Å². The molecule has 0 spiro atoms. The summed E-state index contributed by atoms with van der Waals surface area (Å²) in [7, 11) is 1.50. The zero-order valence-electron chi connectivity index (χ0n) is 15.6. The number of urea groups is 1. The average molecular weight is 393 g/mol. The van der Waals surface area contributed by atoms with E-state index >= 15 is 0 Å². The molecule has 150 valence electrons. The van der Waals surface area contributed by atoms with Crippen molar-refractivity contribution in [1.82, 2.24) is 10.2 Å². The second-order valence-corrected chi connectivity index (χ2v) is 6.57. The lowest BCUT2D eigenvalue weighted by molar-refractivity contribution is -0.137. The van der Waals surface area contributed by atoms with Crippen LogP contribution in [0.2, 0.25) is 0 Å². The van der Waals surface area contributed by atoms with Gasteiger partial charge in [-0.3, -0.25) is 4.79 Å². The SMILES string of the molecule is Cc1ccccc1C(CC(=O)N(C)Cc1cccc(C(F)(F)F)c1)NC(N)=O. The molecule has 2 rings (SSSR count). The van der Waals surface area contributed by atoms with E-state index in [9.17, 15) is 22.8 Å². The number of benzene rings is 2. The van der Waals surface area contributed by atoms with Crippen molar-refractivity contribution in [2.24, 2.45) is 5.73 Å². The summed E-state index contributed by atoms with van der Waals surface area (Å²) >= 11 is 0. The molecule has 2 aromatic rings. The molecule has 0 saturated heterocycles. The van der Waals surface area contributed by atoms with Crippen LogP contribution in [0.4, 0.5) is 18.0 Å². The molecule has 2 aromatic carbocycles. The van der Waals surface area contributed by atoms with Gasteiger partial charge in [-0.05, 0) is 35.7 Å². The third-order valence-corrected chi connectivity index (χ3v) is 4.36. The van der Waals surface area contributed by atoms with Crippen molar-refractivity contribution in [2.45, 2.75) is 32.1 Å². The van der Waals surface area contributed by atoms with Crippen LogP contribution in [0.15, 0.2) is 48.5 Å². The number of carbonyl (C=O) groups is 2. The maximum atomic E-state index is 12.9. The minimum Gasteiger partial charge on any atom is -0.352 e. The molecule has 0 aromatic heterocycles. The Morgan fingerprint density at radius 2 is 1.82 bits per heavy atom. The van der Waals surface area contributed by atoms with Crippen LogP contribution < -0.4 is 11.1 Å².